The summed E-state index contributed by atoms with van der Waals surface area (Å²) in [7, 11) is 0. The first-order chi connectivity index (χ1) is 11.0. The van der Waals surface area contributed by atoms with Gasteiger partial charge in [0.25, 0.3) is 5.56 Å². The Balaban J connectivity index is 1.91. The number of aliphatic hydroxyl groups excluding tert-OH is 2. The van der Waals surface area contributed by atoms with Crippen molar-refractivity contribution in [2.75, 3.05) is 18.5 Å². The zero-order chi connectivity index (χ0) is 16.6. The average Bonchev–Trinajstić information content (AvgIpc) is 3.08. The van der Waals surface area contributed by atoms with E-state index in [2.05, 4.69) is 34.1 Å². The van der Waals surface area contributed by atoms with Gasteiger partial charge in [0.2, 0.25) is 5.95 Å². The van der Waals surface area contributed by atoms with Gasteiger partial charge in [-0.1, -0.05) is 13.8 Å². The number of ether oxygens (including phenoxy) is 1. The summed E-state index contributed by atoms with van der Waals surface area (Å²) in [5.74, 6) is 0.791. The van der Waals surface area contributed by atoms with Gasteiger partial charge >= 0.3 is 0 Å². The number of nitrogens with zero attached hydrogens (tertiary/aromatic N) is 3. The van der Waals surface area contributed by atoms with E-state index in [9.17, 15) is 9.90 Å². The molecule has 9 heteroatoms. The van der Waals surface area contributed by atoms with Crippen molar-refractivity contribution in [3.8, 4) is 0 Å². The lowest BCUT2D eigenvalue weighted by atomic mass is 10.2. The number of aromatic amines is 1. The number of imidazole rings is 1. The molecule has 1 aliphatic heterocycles. The Morgan fingerprint density at radius 2 is 2.35 bits per heavy atom. The molecule has 126 valence electrons. The number of hydrogen-bond acceptors (Lipinski definition) is 7. The fourth-order valence-electron chi connectivity index (χ4n) is 2.61. The first-order valence-corrected chi connectivity index (χ1v) is 7.64. The van der Waals surface area contributed by atoms with E-state index in [0.29, 0.717) is 24.1 Å². The molecule has 0 bridgehead atoms. The predicted octanol–water partition coefficient (Wildman–Crippen LogP) is -0.172. The average molecular weight is 323 g/mol. The van der Waals surface area contributed by atoms with Gasteiger partial charge in [-0.15, -0.1) is 0 Å². The van der Waals surface area contributed by atoms with Gasteiger partial charge in [0.15, 0.2) is 11.2 Å². The van der Waals surface area contributed by atoms with Crippen molar-refractivity contribution in [1.82, 2.24) is 19.5 Å². The molecule has 0 aromatic carbocycles. The first kappa shape index (κ1) is 15.9. The summed E-state index contributed by atoms with van der Waals surface area (Å²) in [4.78, 5) is 23.5. The largest absolute Gasteiger partial charge is 0.394 e. The second-order valence-corrected chi connectivity index (χ2v) is 6.13. The normalized spacial score (nSPS) is 24.7. The minimum Gasteiger partial charge on any atom is -0.394 e. The molecule has 2 aromatic heterocycles. The lowest BCUT2D eigenvalue weighted by molar-refractivity contribution is -0.0431. The fraction of sp³-hybridized carbons (Fsp3) is 0.643. The Kier molecular flexibility index (Phi) is 4.33. The number of rotatable bonds is 5. The molecular formula is C14H21N5O4. The van der Waals surface area contributed by atoms with Crippen molar-refractivity contribution >= 4 is 17.1 Å². The molecule has 9 nitrogen and oxygen atoms in total. The SMILES string of the molecule is CC(C)CNc1nc2ncn([C@H]3C[C@H](O)[C@@H](CO)O3)c2c(=O)[nH]1. The van der Waals surface area contributed by atoms with Crippen LogP contribution in [-0.4, -0.2) is 55.1 Å². The minimum atomic E-state index is -0.776. The molecule has 0 radical (unpaired) electrons. The third-order valence-electron chi connectivity index (χ3n) is 3.81. The lowest BCUT2D eigenvalue weighted by Gasteiger charge is -2.13. The quantitative estimate of drug-likeness (QED) is 0.602. The lowest BCUT2D eigenvalue weighted by Crippen LogP contribution is -2.24. The molecular weight excluding hydrogens is 302 g/mol. The number of aromatic nitrogens is 4. The molecule has 23 heavy (non-hydrogen) atoms. The topological polar surface area (TPSA) is 125 Å². The van der Waals surface area contributed by atoms with Crippen LogP contribution in [0.5, 0.6) is 0 Å². The first-order valence-electron chi connectivity index (χ1n) is 7.64. The van der Waals surface area contributed by atoms with E-state index >= 15 is 0 Å². The highest BCUT2D eigenvalue weighted by atomic mass is 16.5. The molecule has 0 saturated carbocycles. The molecule has 1 fully saturated rings. The molecule has 0 unspecified atom stereocenters. The minimum absolute atomic E-state index is 0.276. The number of aliphatic hydroxyl groups is 2. The van der Waals surface area contributed by atoms with Crippen molar-refractivity contribution in [1.29, 1.82) is 0 Å². The van der Waals surface area contributed by atoms with Crippen LogP contribution in [0.25, 0.3) is 11.2 Å². The summed E-state index contributed by atoms with van der Waals surface area (Å²) < 4.78 is 7.11. The molecule has 4 N–H and O–H groups in total. The molecule has 0 aliphatic carbocycles. The van der Waals surface area contributed by atoms with Gasteiger partial charge in [0.05, 0.1) is 19.0 Å². The van der Waals surface area contributed by atoms with Crippen molar-refractivity contribution in [2.24, 2.45) is 5.92 Å². The van der Waals surface area contributed by atoms with Crippen molar-refractivity contribution < 1.29 is 14.9 Å². The summed E-state index contributed by atoms with van der Waals surface area (Å²) in [6.45, 7) is 4.52. The van der Waals surface area contributed by atoms with Crippen LogP contribution in [0.3, 0.4) is 0 Å². The summed E-state index contributed by atoms with van der Waals surface area (Å²) in [6, 6.07) is 0. The fourth-order valence-corrected chi connectivity index (χ4v) is 2.61. The molecule has 3 rings (SSSR count). The Bertz CT molecular complexity index is 740. The second-order valence-electron chi connectivity index (χ2n) is 6.13. The smallest absolute Gasteiger partial charge is 0.278 e. The van der Waals surface area contributed by atoms with Crippen molar-refractivity contribution in [3.05, 3.63) is 16.7 Å². The second kappa shape index (κ2) is 6.26. The van der Waals surface area contributed by atoms with Crippen LogP contribution in [0.2, 0.25) is 0 Å². The number of fused-ring (bicyclic) bond motifs is 1. The predicted molar refractivity (Wildman–Crippen MR) is 83.1 cm³/mol. The molecule has 3 atom stereocenters. The van der Waals surface area contributed by atoms with Crippen LogP contribution >= 0.6 is 0 Å². The van der Waals surface area contributed by atoms with E-state index in [4.69, 9.17) is 9.84 Å². The van der Waals surface area contributed by atoms with Crippen LogP contribution in [0.1, 0.15) is 26.5 Å². The highest BCUT2D eigenvalue weighted by Crippen LogP contribution is 2.30. The molecule has 0 amide bonds. The van der Waals surface area contributed by atoms with E-state index in [1.54, 1.807) is 4.57 Å². The molecule has 3 heterocycles. The Morgan fingerprint density at radius 3 is 3.00 bits per heavy atom. The number of anilines is 1. The van der Waals surface area contributed by atoms with Crippen LogP contribution < -0.4 is 10.9 Å². The molecule has 1 aliphatic rings. The Morgan fingerprint density at radius 1 is 1.57 bits per heavy atom. The van der Waals surface area contributed by atoms with Crippen molar-refractivity contribution in [2.45, 2.75) is 38.7 Å². The van der Waals surface area contributed by atoms with Crippen LogP contribution in [-0.2, 0) is 4.74 Å². The van der Waals surface area contributed by atoms with Gasteiger partial charge < -0.3 is 20.3 Å². The summed E-state index contributed by atoms with van der Waals surface area (Å²) in [5.41, 5.74) is 0.269. The van der Waals surface area contributed by atoms with Gasteiger partial charge in [-0.3, -0.25) is 14.3 Å². The number of H-pyrrole nitrogens is 1. The summed E-state index contributed by atoms with van der Waals surface area (Å²) in [6.07, 6.45) is -0.234. The van der Waals surface area contributed by atoms with E-state index in [1.165, 1.54) is 6.33 Å². The van der Waals surface area contributed by atoms with Crippen LogP contribution in [0.15, 0.2) is 11.1 Å². The van der Waals surface area contributed by atoms with E-state index in [0.717, 1.165) is 0 Å². The summed E-state index contributed by atoms with van der Waals surface area (Å²) >= 11 is 0. The number of nitrogens with one attached hydrogen (secondary N) is 2. The van der Waals surface area contributed by atoms with Gasteiger partial charge in [0, 0.05) is 13.0 Å². The maximum Gasteiger partial charge on any atom is 0.278 e. The van der Waals surface area contributed by atoms with Crippen LogP contribution in [0.4, 0.5) is 5.95 Å². The summed E-state index contributed by atoms with van der Waals surface area (Å²) in [5, 5.41) is 22.1. The monoisotopic (exact) mass is 323 g/mol. The highest BCUT2D eigenvalue weighted by molar-refractivity contribution is 5.71. The third-order valence-corrected chi connectivity index (χ3v) is 3.81. The zero-order valence-corrected chi connectivity index (χ0v) is 13.1. The van der Waals surface area contributed by atoms with E-state index < -0.39 is 18.4 Å². The Labute approximate surface area is 132 Å². The molecule has 0 spiro atoms. The highest BCUT2D eigenvalue weighted by Gasteiger charge is 2.35. The van der Waals surface area contributed by atoms with Gasteiger partial charge in [0.1, 0.15) is 12.3 Å². The van der Waals surface area contributed by atoms with Gasteiger partial charge in [-0.25, -0.2) is 4.98 Å². The maximum absolute atomic E-state index is 12.4. The molecule has 2 aromatic rings. The third kappa shape index (κ3) is 3.07. The number of hydrogen-bond donors (Lipinski definition) is 4. The molecule has 1 saturated heterocycles. The van der Waals surface area contributed by atoms with E-state index in [1.807, 2.05) is 0 Å². The van der Waals surface area contributed by atoms with Gasteiger partial charge in [-0.2, -0.15) is 4.98 Å². The Hall–Kier alpha value is -1.97. The maximum atomic E-state index is 12.4. The van der Waals surface area contributed by atoms with Crippen LogP contribution in [0, 0.1) is 5.92 Å². The van der Waals surface area contributed by atoms with Gasteiger partial charge in [-0.05, 0) is 5.92 Å². The van der Waals surface area contributed by atoms with Crippen molar-refractivity contribution in [3.63, 3.8) is 0 Å². The van der Waals surface area contributed by atoms with E-state index in [-0.39, 0.29) is 24.1 Å². The standard InChI is InChI=1S/C14H21N5O4/c1-7(2)4-15-14-17-12-11(13(22)18-14)19(6-16-12)10-3-8(21)9(5-20)23-10/h6-10,20-21H,3-5H2,1-2H3,(H2,15,17,18,22)/t8-,9+,10+/m0/s1. The zero-order valence-electron chi connectivity index (χ0n) is 13.1.